The number of methoxy groups -OCH3 is 2. The molecule has 4 rings (SSSR count). The van der Waals surface area contributed by atoms with Gasteiger partial charge in [-0.2, -0.15) is 5.10 Å². The van der Waals surface area contributed by atoms with E-state index in [4.69, 9.17) is 21.1 Å². The van der Waals surface area contributed by atoms with Crippen molar-refractivity contribution < 1.29 is 14.3 Å². The molecule has 1 aliphatic heterocycles. The van der Waals surface area contributed by atoms with Gasteiger partial charge >= 0.3 is 0 Å². The largest absolute Gasteiger partial charge is 0.493 e. The maximum atomic E-state index is 12.9. The Morgan fingerprint density at radius 1 is 1.19 bits per heavy atom. The Hall–Kier alpha value is -3.33. The highest BCUT2D eigenvalue weighted by atomic mass is 35.5. The average Bonchev–Trinajstić information content (AvgIpc) is 3.46. The molecule has 0 spiro atoms. The Kier molecular flexibility index (Phi) is 6.22. The van der Waals surface area contributed by atoms with Crippen LogP contribution in [0.3, 0.4) is 0 Å². The van der Waals surface area contributed by atoms with Gasteiger partial charge in [-0.25, -0.2) is 14.6 Å². The summed E-state index contributed by atoms with van der Waals surface area (Å²) in [4.78, 5) is 23.7. The molecule has 1 aliphatic rings. The fourth-order valence-electron chi connectivity index (χ4n) is 3.57. The van der Waals surface area contributed by atoms with Gasteiger partial charge in [0, 0.05) is 24.7 Å². The molecule has 3 aromatic rings. The number of hydrogen-bond acceptors (Lipinski definition) is 7. The molecule has 162 valence electrons. The van der Waals surface area contributed by atoms with Crippen molar-refractivity contribution in [1.82, 2.24) is 19.7 Å². The third-order valence-electron chi connectivity index (χ3n) is 5.10. The Balaban J connectivity index is 1.55. The second kappa shape index (κ2) is 9.22. The van der Waals surface area contributed by atoms with Gasteiger partial charge < -0.3 is 19.7 Å². The van der Waals surface area contributed by atoms with Gasteiger partial charge in [0.15, 0.2) is 17.2 Å². The number of amides is 1. The van der Waals surface area contributed by atoms with Crippen molar-refractivity contribution in [3.05, 3.63) is 52.9 Å². The van der Waals surface area contributed by atoms with E-state index in [1.54, 1.807) is 31.2 Å². The SMILES string of the molecule is COc1cccc(Cn2nccc2NC(=O)c2nc(N3CCCC3)ncc2Cl)c1OC. The first-order chi connectivity index (χ1) is 15.1. The standard InChI is InChI=1S/C21H23ClN6O3/c1-30-16-7-5-6-14(19(16)31-2)13-28-17(8-9-24-28)25-20(29)18-15(22)12-23-21(26-18)27-10-3-4-11-27/h5-9,12H,3-4,10-11,13H2,1-2H3,(H,25,29). The second-order valence-electron chi connectivity index (χ2n) is 7.04. The molecule has 0 unspecified atom stereocenters. The molecule has 1 amide bonds. The number of benzene rings is 1. The number of anilines is 2. The molecule has 0 atom stereocenters. The van der Waals surface area contributed by atoms with Crippen LogP contribution in [0.15, 0.2) is 36.7 Å². The third-order valence-corrected chi connectivity index (χ3v) is 5.37. The lowest BCUT2D eigenvalue weighted by atomic mass is 10.2. The van der Waals surface area contributed by atoms with Crippen LogP contribution in [0, 0.1) is 0 Å². The van der Waals surface area contributed by atoms with Crippen molar-refractivity contribution >= 4 is 29.3 Å². The van der Waals surface area contributed by atoms with Crippen molar-refractivity contribution in [3.63, 3.8) is 0 Å². The summed E-state index contributed by atoms with van der Waals surface area (Å²) in [7, 11) is 3.17. The highest BCUT2D eigenvalue weighted by Crippen LogP contribution is 2.31. The second-order valence-corrected chi connectivity index (χ2v) is 7.45. The summed E-state index contributed by atoms with van der Waals surface area (Å²) in [6.45, 7) is 2.12. The first-order valence-electron chi connectivity index (χ1n) is 9.91. The molecule has 0 aliphatic carbocycles. The molecular weight excluding hydrogens is 420 g/mol. The van der Waals surface area contributed by atoms with E-state index < -0.39 is 5.91 Å². The smallest absolute Gasteiger partial charge is 0.277 e. The molecule has 1 fully saturated rings. The monoisotopic (exact) mass is 442 g/mol. The van der Waals surface area contributed by atoms with Gasteiger partial charge in [0.05, 0.1) is 38.2 Å². The van der Waals surface area contributed by atoms with Crippen molar-refractivity contribution in [1.29, 1.82) is 0 Å². The molecule has 1 saturated heterocycles. The van der Waals surface area contributed by atoms with Crippen LogP contribution >= 0.6 is 11.6 Å². The number of carbonyl (C=O) groups excluding carboxylic acids is 1. The molecule has 1 N–H and O–H groups in total. The van der Waals surface area contributed by atoms with Crippen LogP contribution in [0.1, 0.15) is 28.9 Å². The molecule has 1 aromatic carbocycles. The van der Waals surface area contributed by atoms with Gasteiger partial charge in [0.2, 0.25) is 5.95 Å². The molecule has 9 nitrogen and oxygen atoms in total. The number of nitrogens with one attached hydrogen (secondary N) is 1. The third kappa shape index (κ3) is 4.41. The summed E-state index contributed by atoms with van der Waals surface area (Å²) < 4.78 is 12.5. The van der Waals surface area contributed by atoms with Crippen LogP contribution in [-0.2, 0) is 6.54 Å². The van der Waals surface area contributed by atoms with Gasteiger partial charge in [-0.1, -0.05) is 23.7 Å². The quantitative estimate of drug-likeness (QED) is 0.600. The molecule has 0 saturated carbocycles. The average molecular weight is 443 g/mol. The van der Waals surface area contributed by atoms with Crippen LogP contribution in [0.25, 0.3) is 0 Å². The Labute approximate surface area is 185 Å². The number of rotatable bonds is 7. The van der Waals surface area contributed by atoms with Crippen molar-refractivity contribution in [2.24, 2.45) is 0 Å². The van der Waals surface area contributed by atoms with E-state index >= 15 is 0 Å². The zero-order chi connectivity index (χ0) is 21.8. The van der Waals surface area contributed by atoms with Gasteiger partial charge in [0.1, 0.15) is 5.82 Å². The van der Waals surface area contributed by atoms with E-state index in [2.05, 4.69) is 20.4 Å². The van der Waals surface area contributed by atoms with Gasteiger partial charge in [-0.05, 0) is 18.9 Å². The summed E-state index contributed by atoms with van der Waals surface area (Å²) in [5.41, 5.74) is 0.989. The summed E-state index contributed by atoms with van der Waals surface area (Å²) in [5.74, 6) is 1.84. The van der Waals surface area contributed by atoms with Crippen LogP contribution in [-0.4, -0.2) is 53.0 Å². The zero-order valence-corrected chi connectivity index (χ0v) is 18.1. The number of halogens is 1. The number of hydrogen-bond donors (Lipinski definition) is 1. The molecule has 2 aromatic heterocycles. The number of ether oxygens (including phenoxy) is 2. The van der Waals surface area contributed by atoms with Crippen LogP contribution in [0.5, 0.6) is 11.5 Å². The zero-order valence-electron chi connectivity index (χ0n) is 17.3. The number of para-hydroxylation sites is 1. The molecule has 0 bridgehead atoms. The first kappa shape index (κ1) is 20.9. The van der Waals surface area contributed by atoms with Crippen molar-refractivity contribution in [2.45, 2.75) is 19.4 Å². The minimum atomic E-state index is -0.424. The Bertz CT molecular complexity index is 1080. The van der Waals surface area contributed by atoms with Crippen molar-refractivity contribution in [2.75, 3.05) is 37.5 Å². The fraction of sp³-hybridized carbons (Fsp3) is 0.333. The van der Waals surface area contributed by atoms with Crippen LogP contribution in [0.2, 0.25) is 5.02 Å². The minimum absolute atomic E-state index is 0.130. The number of aromatic nitrogens is 4. The lowest BCUT2D eigenvalue weighted by Gasteiger charge is -2.16. The molecule has 3 heterocycles. The summed E-state index contributed by atoms with van der Waals surface area (Å²) in [6, 6.07) is 7.32. The maximum absolute atomic E-state index is 12.9. The number of nitrogens with zero attached hydrogens (tertiary/aromatic N) is 5. The van der Waals surface area contributed by atoms with Gasteiger partial charge in [-0.3, -0.25) is 4.79 Å². The van der Waals surface area contributed by atoms with Crippen LogP contribution < -0.4 is 19.7 Å². The minimum Gasteiger partial charge on any atom is -0.493 e. The maximum Gasteiger partial charge on any atom is 0.277 e. The fourth-order valence-corrected chi connectivity index (χ4v) is 3.74. The van der Waals surface area contributed by atoms with E-state index in [0.717, 1.165) is 31.5 Å². The van der Waals surface area contributed by atoms with Crippen LogP contribution in [0.4, 0.5) is 11.8 Å². The van der Waals surface area contributed by atoms with E-state index in [0.29, 0.717) is 29.8 Å². The van der Waals surface area contributed by atoms with E-state index in [1.807, 2.05) is 23.1 Å². The number of carbonyl (C=O) groups is 1. The van der Waals surface area contributed by atoms with E-state index in [9.17, 15) is 4.79 Å². The summed E-state index contributed by atoms with van der Waals surface area (Å²) >= 11 is 6.22. The van der Waals surface area contributed by atoms with Gasteiger partial charge in [0.25, 0.3) is 5.91 Å². The first-order valence-corrected chi connectivity index (χ1v) is 10.3. The molecule has 0 radical (unpaired) electrons. The summed E-state index contributed by atoms with van der Waals surface area (Å²) in [5, 5.41) is 7.37. The highest BCUT2D eigenvalue weighted by molar-refractivity contribution is 6.34. The Morgan fingerprint density at radius 2 is 2.00 bits per heavy atom. The van der Waals surface area contributed by atoms with Crippen molar-refractivity contribution in [3.8, 4) is 11.5 Å². The normalized spacial score (nSPS) is 13.3. The predicted molar refractivity (Wildman–Crippen MR) is 117 cm³/mol. The Morgan fingerprint density at radius 3 is 2.74 bits per heavy atom. The topological polar surface area (TPSA) is 94.4 Å². The van der Waals surface area contributed by atoms with E-state index in [-0.39, 0.29) is 10.7 Å². The van der Waals surface area contributed by atoms with Gasteiger partial charge in [-0.15, -0.1) is 0 Å². The van der Waals surface area contributed by atoms with E-state index in [1.165, 1.54) is 6.20 Å². The lowest BCUT2D eigenvalue weighted by molar-refractivity contribution is 0.102. The lowest BCUT2D eigenvalue weighted by Crippen LogP contribution is -2.23. The molecule has 31 heavy (non-hydrogen) atoms. The predicted octanol–water partition coefficient (Wildman–Crippen LogP) is 3.24. The molecular formula is C21H23ClN6O3. The molecule has 10 heteroatoms. The highest BCUT2D eigenvalue weighted by Gasteiger charge is 2.21. The summed E-state index contributed by atoms with van der Waals surface area (Å²) in [6.07, 6.45) is 5.25.